The van der Waals surface area contributed by atoms with Crippen molar-refractivity contribution in [2.45, 2.75) is 19.8 Å². The van der Waals surface area contributed by atoms with E-state index in [1.54, 1.807) is 0 Å². The Labute approximate surface area is 67.6 Å². The van der Waals surface area contributed by atoms with Gasteiger partial charge in [0.2, 0.25) is 0 Å². The Bertz CT molecular complexity index is 187. The van der Waals surface area contributed by atoms with Gasteiger partial charge in [0.15, 0.2) is 0 Å². The van der Waals surface area contributed by atoms with Crippen LogP contribution in [0.3, 0.4) is 0 Å². The van der Waals surface area contributed by atoms with Gasteiger partial charge in [0.1, 0.15) is 0 Å². The second kappa shape index (κ2) is 3.67. The van der Waals surface area contributed by atoms with Crippen molar-refractivity contribution in [3.8, 4) is 0 Å². The van der Waals surface area contributed by atoms with Gasteiger partial charge >= 0.3 is 0 Å². The Balaban J connectivity index is 2.61. The van der Waals surface area contributed by atoms with Crippen LogP contribution >= 0.6 is 12.2 Å². The van der Waals surface area contributed by atoms with Crippen LogP contribution in [0.15, 0.2) is 23.8 Å². The zero-order valence-electron chi connectivity index (χ0n) is 6.13. The van der Waals surface area contributed by atoms with E-state index in [1.165, 1.54) is 5.57 Å². The van der Waals surface area contributed by atoms with Gasteiger partial charge in [-0.1, -0.05) is 37.4 Å². The van der Waals surface area contributed by atoms with E-state index in [4.69, 9.17) is 12.2 Å². The van der Waals surface area contributed by atoms with Crippen LogP contribution in [0, 0.1) is 6.42 Å². The molecular weight excluding hydrogens is 140 g/mol. The summed E-state index contributed by atoms with van der Waals surface area (Å²) in [7, 11) is 0. The van der Waals surface area contributed by atoms with E-state index < -0.39 is 0 Å². The summed E-state index contributed by atoms with van der Waals surface area (Å²) in [6.45, 7) is 2.06. The van der Waals surface area contributed by atoms with Crippen molar-refractivity contribution < 1.29 is 0 Å². The molecule has 0 unspecified atom stereocenters. The third kappa shape index (κ3) is 1.77. The van der Waals surface area contributed by atoms with Gasteiger partial charge in [-0.3, -0.25) is 0 Å². The molecule has 1 heteroatoms. The lowest BCUT2D eigenvalue weighted by Crippen LogP contribution is -2.00. The molecular formula is C9H11S. The largest absolute Gasteiger partial charge is 0.0843 e. The fourth-order valence-corrected chi connectivity index (χ4v) is 1.23. The summed E-state index contributed by atoms with van der Waals surface area (Å²) < 4.78 is 0. The molecule has 1 radical (unpaired) electrons. The molecule has 0 nitrogen and oxygen atoms in total. The molecule has 0 amide bonds. The molecule has 0 saturated heterocycles. The lowest BCUT2D eigenvalue weighted by atomic mass is 10.0. The van der Waals surface area contributed by atoms with Crippen LogP contribution in [-0.2, 0) is 0 Å². The molecule has 1 aliphatic rings. The van der Waals surface area contributed by atoms with Gasteiger partial charge in [-0.15, -0.1) is 0 Å². The van der Waals surface area contributed by atoms with Crippen molar-refractivity contribution in [2.75, 3.05) is 0 Å². The van der Waals surface area contributed by atoms with Gasteiger partial charge < -0.3 is 0 Å². The SMILES string of the molecule is C[CH]CC1=CC=CCC1=S. The van der Waals surface area contributed by atoms with Gasteiger partial charge in [0.05, 0.1) is 0 Å². The minimum Gasteiger partial charge on any atom is -0.0843 e. The smallest absolute Gasteiger partial charge is 0.0222 e. The monoisotopic (exact) mass is 151 g/mol. The first kappa shape index (κ1) is 7.67. The number of thiocarbonyl (C=S) groups is 1. The average molecular weight is 151 g/mol. The van der Waals surface area contributed by atoms with E-state index in [9.17, 15) is 0 Å². The molecule has 0 atom stereocenters. The Morgan fingerprint density at radius 2 is 2.50 bits per heavy atom. The highest BCUT2D eigenvalue weighted by Crippen LogP contribution is 2.14. The highest BCUT2D eigenvalue weighted by atomic mass is 32.1. The van der Waals surface area contributed by atoms with E-state index in [2.05, 4.69) is 31.6 Å². The molecule has 0 aromatic carbocycles. The average Bonchev–Trinajstić information content (AvgIpc) is 1.94. The summed E-state index contributed by atoms with van der Waals surface area (Å²) in [5, 5.41) is 0. The number of allylic oxidation sites excluding steroid dienone is 4. The van der Waals surface area contributed by atoms with E-state index in [-0.39, 0.29) is 0 Å². The maximum atomic E-state index is 5.15. The number of hydrogen-bond acceptors (Lipinski definition) is 1. The van der Waals surface area contributed by atoms with Crippen molar-refractivity contribution >= 4 is 17.1 Å². The summed E-state index contributed by atoms with van der Waals surface area (Å²) in [6.07, 6.45) is 10.4. The molecule has 0 N–H and O–H groups in total. The van der Waals surface area contributed by atoms with Crippen molar-refractivity contribution in [3.63, 3.8) is 0 Å². The normalized spacial score (nSPS) is 17.3. The zero-order valence-corrected chi connectivity index (χ0v) is 6.95. The minimum absolute atomic E-state index is 0.953. The van der Waals surface area contributed by atoms with Crippen LogP contribution in [0.2, 0.25) is 0 Å². The maximum absolute atomic E-state index is 5.15. The minimum atomic E-state index is 0.953. The molecule has 0 heterocycles. The summed E-state index contributed by atoms with van der Waals surface area (Å²) in [5.41, 5.74) is 1.31. The van der Waals surface area contributed by atoms with Crippen LogP contribution in [0.5, 0.6) is 0 Å². The highest BCUT2D eigenvalue weighted by molar-refractivity contribution is 7.80. The van der Waals surface area contributed by atoms with Crippen molar-refractivity contribution in [2.24, 2.45) is 0 Å². The quantitative estimate of drug-likeness (QED) is 0.547. The van der Waals surface area contributed by atoms with Gasteiger partial charge in [0.25, 0.3) is 0 Å². The molecule has 0 fully saturated rings. The van der Waals surface area contributed by atoms with Crippen LogP contribution < -0.4 is 0 Å². The molecule has 1 aliphatic carbocycles. The van der Waals surface area contributed by atoms with E-state index in [0.29, 0.717) is 0 Å². The predicted molar refractivity (Wildman–Crippen MR) is 49.0 cm³/mol. The number of rotatable bonds is 2. The summed E-state index contributed by atoms with van der Waals surface area (Å²) >= 11 is 5.15. The summed E-state index contributed by atoms with van der Waals surface area (Å²) in [4.78, 5) is 1.10. The molecule has 10 heavy (non-hydrogen) atoms. The zero-order chi connectivity index (χ0) is 7.40. The van der Waals surface area contributed by atoms with Crippen LogP contribution in [-0.4, -0.2) is 4.86 Å². The molecule has 0 saturated carbocycles. The van der Waals surface area contributed by atoms with Crippen molar-refractivity contribution in [1.82, 2.24) is 0 Å². The van der Waals surface area contributed by atoms with E-state index in [1.807, 2.05) is 0 Å². The second-order valence-electron chi connectivity index (χ2n) is 2.36. The van der Waals surface area contributed by atoms with Crippen LogP contribution in [0.4, 0.5) is 0 Å². The van der Waals surface area contributed by atoms with Crippen molar-refractivity contribution in [3.05, 3.63) is 30.2 Å². The molecule has 1 rings (SSSR count). The Hall–Kier alpha value is -0.430. The standard InChI is InChI=1S/C9H11S/c1-2-5-8-6-3-4-7-9(8)10/h2-4,6H,5,7H2,1H3. The summed E-state index contributed by atoms with van der Waals surface area (Å²) in [5.74, 6) is 0. The third-order valence-corrected chi connectivity index (χ3v) is 1.95. The first-order valence-corrected chi connectivity index (χ1v) is 3.92. The molecule has 0 aliphatic heterocycles. The fourth-order valence-electron chi connectivity index (χ4n) is 0.985. The highest BCUT2D eigenvalue weighted by Gasteiger charge is 2.03. The molecule has 0 spiro atoms. The van der Waals surface area contributed by atoms with Crippen LogP contribution in [0.25, 0.3) is 0 Å². The lowest BCUT2D eigenvalue weighted by Gasteiger charge is -2.07. The van der Waals surface area contributed by atoms with Gasteiger partial charge in [-0.25, -0.2) is 0 Å². The maximum Gasteiger partial charge on any atom is 0.0222 e. The van der Waals surface area contributed by atoms with E-state index in [0.717, 1.165) is 17.7 Å². The molecule has 53 valence electrons. The van der Waals surface area contributed by atoms with E-state index >= 15 is 0 Å². The Kier molecular flexibility index (Phi) is 2.82. The second-order valence-corrected chi connectivity index (χ2v) is 2.85. The Morgan fingerprint density at radius 3 is 3.10 bits per heavy atom. The van der Waals surface area contributed by atoms with Gasteiger partial charge in [0, 0.05) is 11.3 Å². The lowest BCUT2D eigenvalue weighted by molar-refractivity contribution is 1.16. The Morgan fingerprint density at radius 1 is 1.70 bits per heavy atom. The van der Waals surface area contributed by atoms with Gasteiger partial charge in [-0.05, 0) is 18.4 Å². The van der Waals surface area contributed by atoms with Crippen LogP contribution in [0.1, 0.15) is 19.8 Å². The predicted octanol–water partition coefficient (Wildman–Crippen LogP) is 2.86. The molecule has 0 bridgehead atoms. The third-order valence-electron chi connectivity index (χ3n) is 1.52. The number of hydrogen-bond donors (Lipinski definition) is 0. The molecule has 0 aromatic heterocycles. The molecule has 0 aromatic rings. The first-order chi connectivity index (χ1) is 4.84. The fraction of sp³-hybridized carbons (Fsp3) is 0.333. The summed E-state index contributed by atoms with van der Waals surface area (Å²) in [6, 6.07) is 0. The van der Waals surface area contributed by atoms with Crippen molar-refractivity contribution in [1.29, 1.82) is 0 Å². The topological polar surface area (TPSA) is 0 Å². The first-order valence-electron chi connectivity index (χ1n) is 3.51. The van der Waals surface area contributed by atoms with Gasteiger partial charge in [-0.2, -0.15) is 0 Å².